The maximum atomic E-state index is 12.1. The summed E-state index contributed by atoms with van der Waals surface area (Å²) < 4.78 is 24.2. The van der Waals surface area contributed by atoms with E-state index >= 15 is 0 Å². The number of terminal acetylenes is 1. The van der Waals surface area contributed by atoms with Crippen LogP contribution in [0.3, 0.4) is 0 Å². The summed E-state index contributed by atoms with van der Waals surface area (Å²) in [7, 11) is -3.19. The molecule has 100 valence electrons. The van der Waals surface area contributed by atoms with Crippen molar-refractivity contribution in [2.45, 2.75) is 10.9 Å². The minimum Gasteiger partial charge on any atom is -0.377 e. The molecule has 0 radical (unpaired) electrons. The Labute approximate surface area is 118 Å². The van der Waals surface area contributed by atoms with Crippen LogP contribution in [0.1, 0.15) is 17.2 Å². The van der Waals surface area contributed by atoms with Gasteiger partial charge in [-0.3, -0.25) is 0 Å². The number of sulfone groups is 1. The summed E-state index contributed by atoms with van der Waals surface area (Å²) in [5, 5.41) is 3.25. The highest BCUT2D eigenvalue weighted by atomic mass is 32.2. The Morgan fingerprint density at radius 3 is 2.75 bits per heavy atom. The Morgan fingerprint density at radius 2 is 1.95 bits per heavy atom. The normalized spacial score (nSPS) is 19.1. The quantitative estimate of drug-likeness (QED) is 0.862. The summed E-state index contributed by atoms with van der Waals surface area (Å²) >= 11 is 0. The van der Waals surface area contributed by atoms with Gasteiger partial charge in [0.15, 0.2) is 9.84 Å². The number of anilines is 1. The highest BCUT2D eigenvalue weighted by Crippen LogP contribution is 2.35. The molecule has 20 heavy (non-hydrogen) atoms. The Hall–Kier alpha value is -2.25. The van der Waals surface area contributed by atoms with E-state index in [2.05, 4.69) is 11.2 Å². The molecule has 1 atom stereocenters. The number of hydrogen-bond acceptors (Lipinski definition) is 3. The third kappa shape index (κ3) is 2.17. The van der Waals surface area contributed by atoms with Crippen molar-refractivity contribution in [2.24, 2.45) is 0 Å². The van der Waals surface area contributed by atoms with E-state index in [0.717, 1.165) is 16.8 Å². The van der Waals surface area contributed by atoms with E-state index in [1.807, 2.05) is 36.4 Å². The molecule has 4 heteroatoms. The van der Waals surface area contributed by atoms with Crippen LogP contribution < -0.4 is 5.32 Å². The van der Waals surface area contributed by atoms with Crippen molar-refractivity contribution in [3.05, 3.63) is 59.7 Å². The number of fused-ring (bicyclic) bond motifs is 1. The van der Waals surface area contributed by atoms with E-state index in [-0.39, 0.29) is 11.8 Å². The van der Waals surface area contributed by atoms with Crippen LogP contribution in [0.15, 0.2) is 53.4 Å². The molecule has 0 amide bonds. The van der Waals surface area contributed by atoms with Gasteiger partial charge in [-0.05, 0) is 29.8 Å². The van der Waals surface area contributed by atoms with Crippen molar-refractivity contribution in [3.8, 4) is 12.3 Å². The molecular weight excluding hydrogens is 270 g/mol. The van der Waals surface area contributed by atoms with Gasteiger partial charge in [0, 0.05) is 11.3 Å². The maximum absolute atomic E-state index is 12.1. The molecule has 2 aromatic carbocycles. The maximum Gasteiger partial charge on any atom is 0.181 e. The lowest BCUT2D eigenvalue weighted by molar-refractivity contribution is 0.598. The third-order valence-electron chi connectivity index (χ3n) is 3.39. The zero-order valence-electron chi connectivity index (χ0n) is 10.7. The number of rotatable bonds is 2. The molecule has 1 heterocycles. The van der Waals surface area contributed by atoms with E-state index in [0.29, 0.717) is 4.90 Å². The minimum atomic E-state index is -3.19. The van der Waals surface area contributed by atoms with Gasteiger partial charge in [-0.25, -0.2) is 8.42 Å². The van der Waals surface area contributed by atoms with Crippen LogP contribution in [0.4, 0.5) is 5.69 Å². The molecule has 0 fully saturated rings. The van der Waals surface area contributed by atoms with Gasteiger partial charge in [0.25, 0.3) is 0 Å². The van der Waals surface area contributed by atoms with Gasteiger partial charge in [0.1, 0.15) is 0 Å². The monoisotopic (exact) mass is 283 g/mol. The number of nitrogens with one attached hydrogen (secondary N) is 1. The largest absolute Gasteiger partial charge is 0.377 e. The summed E-state index contributed by atoms with van der Waals surface area (Å²) in [5.74, 6) is 2.65. The van der Waals surface area contributed by atoms with Crippen LogP contribution in [0, 0.1) is 12.3 Å². The number of hydrogen-bond donors (Lipinski definition) is 1. The lowest BCUT2D eigenvalue weighted by atomic mass is 10.1. The van der Waals surface area contributed by atoms with E-state index in [9.17, 15) is 8.42 Å². The Kier molecular flexibility index (Phi) is 3.00. The summed E-state index contributed by atoms with van der Waals surface area (Å²) in [6.07, 6.45) is 5.37. The Bertz CT molecular complexity index is 803. The van der Waals surface area contributed by atoms with Crippen molar-refractivity contribution in [3.63, 3.8) is 0 Å². The molecule has 3 nitrogen and oxygen atoms in total. The first kappa shape index (κ1) is 12.8. The van der Waals surface area contributed by atoms with Crippen LogP contribution in [-0.4, -0.2) is 14.2 Å². The highest BCUT2D eigenvalue weighted by molar-refractivity contribution is 7.91. The second-order valence-electron chi connectivity index (χ2n) is 4.74. The molecule has 1 N–H and O–H groups in total. The van der Waals surface area contributed by atoms with Gasteiger partial charge in [-0.15, -0.1) is 6.42 Å². The van der Waals surface area contributed by atoms with Crippen LogP contribution in [0.25, 0.3) is 0 Å². The van der Waals surface area contributed by atoms with E-state index in [1.165, 1.54) is 0 Å². The molecule has 0 spiro atoms. The standard InChI is InChI=1S/C16H13NO2S/c1-2-12-6-5-7-13(10-12)17-15-11-20(18,19)16-9-4-3-8-14(15)16/h1,3-10,15,17H,11H2. The van der Waals surface area contributed by atoms with Gasteiger partial charge in [-0.2, -0.15) is 0 Å². The molecule has 2 aromatic rings. The van der Waals surface area contributed by atoms with Crippen molar-refractivity contribution < 1.29 is 8.42 Å². The zero-order chi connectivity index (χ0) is 14.2. The van der Waals surface area contributed by atoms with Gasteiger partial charge in [-0.1, -0.05) is 30.2 Å². The predicted octanol–water partition coefficient (Wildman–Crippen LogP) is 2.61. The lowest BCUT2D eigenvalue weighted by Crippen LogP contribution is -2.12. The van der Waals surface area contributed by atoms with Crippen molar-refractivity contribution >= 4 is 15.5 Å². The Morgan fingerprint density at radius 1 is 1.15 bits per heavy atom. The second-order valence-corrected chi connectivity index (χ2v) is 6.74. The summed E-state index contributed by atoms with van der Waals surface area (Å²) in [6.45, 7) is 0. The zero-order valence-corrected chi connectivity index (χ0v) is 11.5. The molecule has 0 bridgehead atoms. The second kappa shape index (κ2) is 4.69. The van der Waals surface area contributed by atoms with Crippen molar-refractivity contribution in [1.29, 1.82) is 0 Å². The lowest BCUT2D eigenvalue weighted by Gasteiger charge is -2.14. The minimum absolute atomic E-state index is 0.0760. The fourth-order valence-corrected chi connectivity index (χ4v) is 4.21. The van der Waals surface area contributed by atoms with Crippen LogP contribution in [0.2, 0.25) is 0 Å². The predicted molar refractivity (Wildman–Crippen MR) is 79.2 cm³/mol. The SMILES string of the molecule is C#Cc1cccc(NC2CS(=O)(=O)c3ccccc32)c1. The van der Waals surface area contributed by atoms with Gasteiger partial charge in [0.05, 0.1) is 16.7 Å². The number of benzene rings is 2. The van der Waals surface area contributed by atoms with E-state index in [1.54, 1.807) is 12.1 Å². The molecule has 1 unspecified atom stereocenters. The average molecular weight is 283 g/mol. The summed E-state index contributed by atoms with van der Waals surface area (Å²) in [5.41, 5.74) is 2.42. The summed E-state index contributed by atoms with van der Waals surface area (Å²) in [4.78, 5) is 0.422. The van der Waals surface area contributed by atoms with Gasteiger partial charge >= 0.3 is 0 Å². The smallest absolute Gasteiger partial charge is 0.181 e. The van der Waals surface area contributed by atoms with Crippen LogP contribution >= 0.6 is 0 Å². The van der Waals surface area contributed by atoms with E-state index in [4.69, 9.17) is 6.42 Å². The topological polar surface area (TPSA) is 46.2 Å². The molecule has 0 aromatic heterocycles. The van der Waals surface area contributed by atoms with Gasteiger partial charge < -0.3 is 5.32 Å². The van der Waals surface area contributed by atoms with E-state index < -0.39 is 9.84 Å². The highest BCUT2D eigenvalue weighted by Gasteiger charge is 2.34. The summed E-state index contributed by atoms with van der Waals surface area (Å²) in [6, 6.07) is 14.3. The average Bonchev–Trinajstić information content (AvgIpc) is 2.71. The van der Waals surface area contributed by atoms with Crippen molar-refractivity contribution in [1.82, 2.24) is 0 Å². The first-order valence-electron chi connectivity index (χ1n) is 6.25. The van der Waals surface area contributed by atoms with Crippen LogP contribution in [-0.2, 0) is 9.84 Å². The molecule has 0 aliphatic carbocycles. The van der Waals surface area contributed by atoms with Gasteiger partial charge in [0.2, 0.25) is 0 Å². The molecule has 1 aliphatic rings. The molecule has 1 aliphatic heterocycles. The fourth-order valence-electron chi connectivity index (χ4n) is 2.47. The molecular formula is C16H13NO2S. The fraction of sp³-hybridized carbons (Fsp3) is 0.125. The molecule has 0 saturated carbocycles. The third-order valence-corrected chi connectivity index (χ3v) is 5.20. The first-order valence-corrected chi connectivity index (χ1v) is 7.90. The van der Waals surface area contributed by atoms with Crippen LogP contribution in [0.5, 0.6) is 0 Å². The first-order chi connectivity index (χ1) is 9.60. The Balaban J connectivity index is 1.96. The van der Waals surface area contributed by atoms with Crippen molar-refractivity contribution in [2.75, 3.05) is 11.1 Å². The molecule has 3 rings (SSSR count). The molecule has 0 saturated heterocycles.